The van der Waals surface area contributed by atoms with E-state index in [2.05, 4.69) is 67.7 Å². The van der Waals surface area contributed by atoms with Crippen LogP contribution >= 0.6 is 0 Å². The minimum Gasteiger partial charge on any atom is -0.541 e. The third kappa shape index (κ3) is 7.78. The second-order valence-corrected chi connectivity index (χ2v) is 23.1. The number of ether oxygens (including phenoxy) is 2. The molecule has 0 bridgehead atoms. The summed E-state index contributed by atoms with van der Waals surface area (Å²) >= 11 is 0. The van der Waals surface area contributed by atoms with Crippen LogP contribution < -0.4 is 18.3 Å². The van der Waals surface area contributed by atoms with Crippen LogP contribution in [0.4, 0.5) is 0 Å². The van der Waals surface area contributed by atoms with Gasteiger partial charge in [-0.3, -0.25) is 4.79 Å². The molecule has 0 N–H and O–H groups in total. The molecule has 0 aliphatic rings. The number of aldehydes is 1. The molecule has 0 aliphatic carbocycles. The van der Waals surface area contributed by atoms with Crippen molar-refractivity contribution in [1.82, 2.24) is 0 Å². The Bertz CT molecular complexity index is 1110. The highest BCUT2D eigenvalue weighted by Gasteiger charge is 2.40. The van der Waals surface area contributed by atoms with Gasteiger partial charge in [0.05, 0.1) is 20.1 Å². The van der Waals surface area contributed by atoms with E-state index in [1.807, 2.05) is 36.4 Å². The molecule has 0 spiro atoms. The van der Waals surface area contributed by atoms with E-state index in [-0.39, 0.29) is 28.2 Å². The number of carbonyl (C=O) groups excluding carboxylic acids is 2. The third-order valence-electron chi connectivity index (χ3n) is 8.64. The molecule has 0 heterocycles. The summed E-state index contributed by atoms with van der Waals surface area (Å²) in [6.07, 6.45) is 0.865. The summed E-state index contributed by atoms with van der Waals surface area (Å²) in [5.41, 5.74) is 1.79. The van der Waals surface area contributed by atoms with Crippen molar-refractivity contribution in [1.29, 1.82) is 0 Å². The Morgan fingerprint density at radius 3 is 1.43 bits per heavy atom. The number of rotatable bonds is 12. The van der Waals surface area contributed by atoms with E-state index in [4.69, 9.17) is 18.3 Å². The molecule has 0 saturated heterocycles. The van der Waals surface area contributed by atoms with Gasteiger partial charge in [0.1, 0.15) is 23.6 Å². The normalized spacial score (nSPS) is 13.6. The average molecular weight is 587 g/mol. The SMILES string of the molecule is COc1cc(C(CC(=O)C(C)C=O)c2ccc(O[Si](C)(C)C(C)(C)C)c(OC)c2)ccc1O[Si](C)(C)C(C)(C)C. The Morgan fingerprint density at radius 2 is 1.12 bits per heavy atom. The highest BCUT2D eigenvalue weighted by atomic mass is 28.4. The topological polar surface area (TPSA) is 71.1 Å². The summed E-state index contributed by atoms with van der Waals surface area (Å²) < 4.78 is 24.7. The maximum atomic E-state index is 13.0. The molecule has 1 unspecified atom stereocenters. The number of ketones is 1. The summed E-state index contributed by atoms with van der Waals surface area (Å²) in [6, 6.07) is 11.7. The molecule has 40 heavy (non-hydrogen) atoms. The minimum absolute atomic E-state index is 0.0292. The highest BCUT2D eigenvalue weighted by Crippen LogP contribution is 2.44. The maximum Gasteiger partial charge on any atom is 0.250 e. The Kier molecular flexibility index (Phi) is 10.5. The fraction of sp³-hybridized carbons (Fsp3) is 0.562. The predicted octanol–water partition coefficient (Wildman–Crippen LogP) is 8.40. The number of hydrogen-bond donors (Lipinski definition) is 0. The second-order valence-electron chi connectivity index (χ2n) is 13.7. The van der Waals surface area contributed by atoms with Crippen molar-refractivity contribution in [3.05, 3.63) is 47.5 Å². The van der Waals surface area contributed by atoms with Crippen molar-refractivity contribution in [2.45, 2.75) is 97.1 Å². The van der Waals surface area contributed by atoms with Crippen LogP contribution in [0.1, 0.15) is 71.9 Å². The lowest BCUT2D eigenvalue weighted by molar-refractivity contribution is -0.126. The zero-order valence-electron chi connectivity index (χ0n) is 26.9. The van der Waals surface area contributed by atoms with Gasteiger partial charge in [-0.25, -0.2) is 0 Å². The van der Waals surface area contributed by atoms with Crippen LogP contribution in [0, 0.1) is 5.92 Å². The lowest BCUT2D eigenvalue weighted by atomic mass is 9.84. The van der Waals surface area contributed by atoms with Crippen LogP contribution in [0.25, 0.3) is 0 Å². The monoisotopic (exact) mass is 586 g/mol. The van der Waals surface area contributed by atoms with Gasteiger partial charge in [-0.1, -0.05) is 53.7 Å². The Labute approximate surface area is 244 Å². The maximum absolute atomic E-state index is 13.0. The predicted molar refractivity (Wildman–Crippen MR) is 168 cm³/mol. The van der Waals surface area contributed by atoms with E-state index in [1.165, 1.54) is 0 Å². The van der Waals surface area contributed by atoms with Gasteiger partial charge in [-0.2, -0.15) is 0 Å². The standard InChI is InChI=1S/C32H50O6Si2/c1-22(21-33)26(34)20-25(23-14-16-27(29(18-23)35-8)37-39(10,11)31(2,3)4)24-15-17-28(30(19-24)36-9)38-40(12,13)32(5,6)7/h14-19,21-22,25H,20H2,1-13H3. The zero-order chi connectivity index (χ0) is 30.7. The van der Waals surface area contributed by atoms with Crippen LogP contribution in [-0.4, -0.2) is 42.9 Å². The van der Waals surface area contributed by atoms with Gasteiger partial charge in [0.15, 0.2) is 11.5 Å². The summed E-state index contributed by atoms with van der Waals surface area (Å²) in [4.78, 5) is 24.5. The lowest BCUT2D eigenvalue weighted by Crippen LogP contribution is -2.43. The first-order chi connectivity index (χ1) is 18.3. The first-order valence-corrected chi connectivity index (χ1v) is 19.8. The Morgan fingerprint density at radius 1 is 0.750 bits per heavy atom. The van der Waals surface area contributed by atoms with Crippen LogP contribution in [0.3, 0.4) is 0 Å². The van der Waals surface area contributed by atoms with E-state index in [9.17, 15) is 9.59 Å². The van der Waals surface area contributed by atoms with Crippen molar-refractivity contribution in [3.8, 4) is 23.0 Å². The molecule has 1 atom stereocenters. The molecule has 0 aromatic heterocycles. The summed E-state index contributed by atoms with van der Waals surface area (Å²) in [5, 5.41) is 0.0583. The fourth-order valence-electron chi connectivity index (χ4n) is 3.72. The number of benzene rings is 2. The van der Waals surface area contributed by atoms with Crippen LogP contribution in [0.2, 0.25) is 36.3 Å². The van der Waals surface area contributed by atoms with E-state index in [0.29, 0.717) is 29.3 Å². The van der Waals surface area contributed by atoms with Crippen molar-refractivity contribution < 1.29 is 27.9 Å². The van der Waals surface area contributed by atoms with Gasteiger partial charge in [0, 0.05) is 12.3 Å². The number of Topliss-reactive ketones (excluding diaryl/α,β-unsaturated/α-hetero) is 1. The first-order valence-electron chi connectivity index (χ1n) is 14.0. The zero-order valence-corrected chi connectivity index (χ0v) is 28.9. The van der Waals surface area contributed by atoms with E-state index in [1.54, 1.807) is 21.1 Å². The van der Waals surface area contributed by atoms with E-state index < -0.39 is 22.6 Å². The smallest absolute Gasteiger partial charge is 0.250 e. The van der Waals surface area contributed by atoms with Crippen LogP contribution in [0.15, 0.2) is 36.4 Å². The van der Waals surface area contributed by atoms with E-state index >= 15 is 0 Å². The molecule has 222 valence electrons. The van der Waals surface area contributed by atoms with Crippen molar-refractivity contribution >= 4 is 28.7 Å². The number of hydrogen-bond acceptors (Lipinski definition) is 6. The van der Waals surface area contributed by atoms with Crippen molar-refractivity contribution in [2.75, 3.05) is 14.2 Å². The van der Waals surface area contributed by atoms with Crippen LogP contribution in [-0.2, 0) is 9.59 Å². The lowest BCUT2D eigenvalue weighted by Gasteiger charge is -2.37. The fourth-order valence-corrected chi connectivity index (χ4v) is 5.77. The van der Waals surface area contributed by atoms with Gasteiger partial charge < -0.3 is 23.1 Å². The molecule has 2 aromatic carbocycles. The summed E-state index contributed by atoms with van der Waals surface area (Å²) in [6.45, 7) is 23.6. The van der Waals surface area contributed by atoms with Gasteiger partial charge in [0.2, 0.25) is 0 Å². The molecule has 0 amide bonds. The van der Waals surface area contributed by atoms with Gasteiger partial charge in [0.25, 0.3) is 16.6 Å². The molecular weight excluding hydrogens is 537 g/mol. The van der Waals surface area contributed by atoms with Gasteiger partial charge >= 0.3 is 0 Å². The largest absolute Gasteiger partial charge is 0.541 e. The first kappa shape index (κ1) is 33.6. The molecular formula is C32H50O6Si2. The molecule has 0 aliphatic heterocycles. The molecule has 0 fully saturated rings. The van der Waals surface area contributed by atoms with Crippen molar-refractivity contribution in [3.63, 3.8) is 0 Å². The Hall–Kier alpha value is -2.59. The second kappa shape index (κ2) is 12.5. The third-order valence-corrected chi connectivity index (χ3v) is 17.3. The molecule has 0 saturated carbocycles. The molecule has 0 radical (unpaired) electrons. The van der Waals surface area contributed by atoms with Gasteiger partial charge in [-0.15, -0.1) is 0 Å². The molecule has 2 aromatic rings. The summed E-state index contributed by atoms with van der Waals surface area (Å²) in [5.74, 6) is 1.50. The average Bonchev–Trinajstić information content (AvgIpc) is 2.85. The minimum atomic E-state index is -2.10. The molecule has 6 nitrogen and oxygen atoms in total. The van der Waals surface area contributed by atoms with Crippen LogP contribution in [0.5, 0.6) is 23.0 Å². The Balaban J connectivity index is 2.60. The molecule has 8 heteroatoms. The number of carbonyl (C=O) groups is 2. The van der Waals surface area contributed by atoms with Gasteiger partial charge in [-0.05, 0) is 78.6 Å². The van der Waals surface area contributed by atoms with Crippen molar-refractivity contribution in [2.24, 2.45) is 5.92 Å². The number of methoxy groups -OCH3 is 2. The van der Waals surface area contributed by atoms with E-state index in [0.717, 1.165) is 11.1 Å². The molecule has 2 rings (SSSR count). The quantitative estimate of drug-likeness (QED) is 0.141. The summed E-state index contributed by atoms with van der Waals surface area (Å²) in [7, 11) is -0.946. The highest BCUT2D eigenvalue weighted by molar-refractivity contribution is 6.75.